The fraction of sp³-hybridized carbons (Fsp3) is 0.368. The minimum Gasteiger partial charge on any atom is -0.326 e. The predicted molar refractivity (Wildman–Crippen MR) is 87.9 cm³/mol. The highest BCUT2D eigenvalue weighted by Gasteiger charge is 2.15. The van der Waals surface area contributed by atoms with Crippen molar-refractivity contribution in [2.75, 3.05) is 0 Å². The highest BCUT2D eigenvalue weighted by molar-refractivity contribution is 5.73. The van der Waals surface area contributed by atoms with Crippen molar-refractivity contribution in [3.05, 3.63) is 58.4 Å². The van der Waals surface area contributed by atoms with E-state index >= 15 is 0 Å². The monoisotopic (exact) mass is 285 g/mol. The molecule has 0 aliphatic heterocycles. The second kappa shape index (κ2) is 6.86. The zero-order valence-electron chi connectivity index (χ0n) is 13.2. The quantitative estimate of drug-likeness (QED) is 0.851. The lowest BCUT2D eigenvalue weighted by Gasteiger charge is -2.17. The Balaban J connectivity index is 2.72. The molecular formula is C19H24FN. The maximum absolute atomic E-state index is 14.4. The summed E-state index contributed by atoms with van der Waals surface area (Å²) in [6.45, 7) is 6.84. The van der Waals surface area contributed by atoms with Gasteiger partial charge in [-0.3, -0.25) is 0 Å². The Labute approximate surface area is 127 Å². The van der Waals surface area contributed by atoms with Crippen molar-refractivity contribution in [1.29, 1.82) is 0 Å². The molecule has 0 fully saturated rings. The van der Waals surface area contributed by atoms with Crippen LogP contribution in [-0.2, 0) is 25.8 Å². The van der Waals surface area contributed by atoms with Crippen molar-refractivity contribution in [3.63, 3.8) is 0 Å². The van der Waals surface area contributed by atoms with Crippen molar-refractivity contribution in [2.24, 2.45) is 5.73 Å². The van der Waals surface area contributed by atoms with E-state index in [-0.39, 0.29) is 5.82 Å². The second-order valence-electron chi connectivity index (χ2n) is 5.37. The molecule has 112 valence electrons. The van der Waals surface area contributed by atoms with Gasteiger partial charge in [-0.15, -0.1) is 0 Å². The van der Waals surface area contributed by atoms with Gasteiger partial charge in [0, 0.05) is 12.1 Å². The average Bonchev–Trinajstić information content (AvgIpc) is 2.54. The molecule has 0 unspecified atom stereocenters. The minimum atomic E-state index is -0.166. The zero-order chi connectivity index (χ0) is 15.4. The summed E-state index contributed by atoms with van der Waals surface area (Å²) in [5, 5.41) is 0. The number of hydrogen-bond donors (Lipinski definition) is 1. The van der Waals surface area contributed by atoms with E-state index in [4.69, 9.17) is 5.73 Å². The molecule has 2 aromatic carbocycles. The molecule has 2 rings (SSSR count). The SMILES string of the molecule is CCc1cc(CC)c(-c2cc(CN)ccc2F)c(CC)c1. The summed E-state index contributed by atoms with van der Waals surface area (Å²) in [5.41, 5.74) is 12.2. The van der Waals surface area contributed by atoms with Gasteiger partial charge >= 0.3 is 0 Å². The van der Waals surface area contributed by atoms with Gasteiger partial charge in [0.25, 0.3) is 0 Å². The summed E-state index contributed by atoms with van der Waals surface area (Å²) < 4.78 is 14.4. The van der Waals surface area contributed by atoms with Crippen LogP contribution in [0.25, 0.3) is 11.1 Å². The molecular weight excluding hydrogens is 261 g/mol. The lowest BCUT2D eigenvalue weighted by molar-refractivity contribution is 0.630. The highest BCUT2D eigenvalue weighted by Crippen LogP contribution is 2.33. The number of aryl methyl sites for hydroxylation is 3. The maximum atomic E-state index is 14.4. The first-order valence-corrected chi connectivity index (χ1v) is 7.78. The van der Waals surface area contributed by atoms with Gasteiger partial charge in [-0.2, -0.15) is 0 Å². The first-order valence-electron chi connectivity index (χ1n) is 7.78. The largest absolute Gasteiger partial charge is 0.326 e. The van der Waals surface area contributed by atoms with E-state index in [1.807, 2.05) is 6.07 Å². The highest BCUT2D eigenvalue weighted by atomic mass is 19.1. The van der Waals surface area contributed by atoms with Crippen molar-refractivity contribution >= 4 is 0 Å². The molecule has 0 saturated carbocycles. The van der Waals surface area contributed by atoms with Crippen molar-refractivity contribution in [1.82, 2.24) is 0 Å². The van der Waals surface area contributed by atoms with Crippen LogP contribution < -0.4 is 5.73 Å². The van der Waals surface area contributed by atoms with Crippen molar-refractivity contribution in [3.8, 4) is 11.1 Å². The molecule has 0 heterocycles. The average molecular weight is 285 g/mol. The van der Waals surface area contributed by atoms with E-state index in [9.17, 15) is 4.39 Å². The van der Waals surface area contributed by atoms with Gasteiger partial charge in [-0.25, -0.2) is 4.39 Å². The maximum Gasteiger partial charge on any atom is 0.131 e. The Kier molecular flexibility index (Phi) is 5.13. The van der Waals surface area contributed by atoms with E-state index in [0.717, 1.165) is 30.4 Å². The molecule has 21 heavy (non-hydrogen) atoms. The standard InChI is InChI=1S/C19H24FN/c1-4-13-9-15(5-2)19(16(6-3)10-13)17-11-14(12-21)7-8-18(17)20/h7-11H,4-6,12,21H2,1-3H3. The van der Waals surface area contributed by atoms with Crippen molar-refractivity contribution in [2.45, 2.75) is 46.6 Å². The lowest BCUT2D eigenvalue weighted by Crippen LogP contribution is -2.02. The molecule has 0 radical (unpaired) electrons. The van der Waals surface area contributed by atoms with E-state index in [1.54, 1.807) is 6.07 Å². The first-order chi connectivity index (χ1) is 10.1. The van der Waals surface area contributed by atoms with Crippen molar-refractivity contribution < 1.29 is 4.39 Å². The summed E-state index contributed by atoms with van der Waals surface area (Å²) in [4.78, 5) is 0. The number of nitrogens with two attached hydrogens (primary N) is 1. The third kappa shape index (κ3) is 3.16. The van der Waals surface area contributed by atoms with Gasteiger partial charge in [-0.1, -0.05) is 39.0 Å². The van der Waals surface area contributed by atoms with Gasteiger partial charge < -0.3 is 5.73 Å². The summed E-state index contributed by atoms with van der Waals surface area (Å²) in [7, 11) is 0. The molecule has 0 spiro atoms. The van der Waals surface area contributed by atoms with Gasteiger partial charge in [0.1, 0.15) is 5.82 Å². The molecule has 0 bridgehead atoms. The first kappa shape index (κ1) is 15.7. The van der Waals surface area contributed by atoms with Crippen LogP contribution in [0.15, 0.2) is 30.3 Å². The summed E-state index contributed by atoms with van der Waals surface area (Å²) >= 11 is 0. The molecule has 2 aromatic rings. The molecule has 0 saturated heterocycles. The van der Waals surface area contributed by atoms with Crippen LogP contribution >= 0.6 is 0 Å². The third-order valence-corrected chi connectivity index (χ3v) is 4.07. The second-order valence-corrected chi connectivity index (χ2v) is 5.37. The predicted octanol–water partition coefficient (Wildman–Crippen LogP) is 4.64. The van der Waals surface area contributed by atoms with E-state index in [2.05, 4.69) is 32.9 Å². The van der Waals surface area contributed by atoms with Crippen LogP contribution in [0, 0.1) is 5.82 Å². The van der Waals surface area contributed by atoms with E-state index < -0.39 is 0 Å². The Hall–Kier alpha value is -1.67. The van der Waals surface area contributed by atoms with Gasteiger partial charge in [-0.05, 0) is 59.2 Å². The van der Waals surface area contributed by atoms with Crippen LogP contribution in [0.4, 0.5) is 4.39 Å². The van der Waals surface area contributed by atoms with Crippen LogP contribution in [0.5, 0.6) is 0 Å². The zero-order valence-corrected chi connectivity index (χ0v) is 13.2. The molecule has 0 atom stereocenters. The molecule has 0 aliphatic rings. The fourth-order valence-electron chi connectivity index (χ4n) is 2.84. The summed E-state index contributed by atoms with van der Waals surface area (Å²) in [6.07, 6.45) is 2.82. The van der Waals surface area contributed by atoms with Gasteiger partial charge in [0.05, 0.1) is 0 Å². The Morgan fingerprint density at radius 3 is 1.95 bits per heavy atom. The molecule has 2 heteroatoms. The number of rotatable bonds is 5. The summed E-state index contributed by atoms with van der Waals surface area (Å²) in [6, 6.07) is 9.61. The van der Waals surface area contributed by atoms with Crippen LogP contribution in [0.1, 0.15) is 43.0 Å². The lowest BCUT2D eigenvalue weighted by atomic mass is 9.88. The smallest absolute Gasteiger partial charge is 0.131 e. The molecule has 0 amide bonds. The minimum absolute atomic E-state index is 0.166. The molecule has 0 aliphatic carbocycles. The molecule has 2 N–H and O–H groups in total. The summed E-state index contributed by atoms with van der Waals surface area (Å²) in [5.74, 6) is -0.166. The van der Waals surface area contributed by atoms with Crippen LogP contribution in [-0.4, -0.2) is 0 Å². The molecule has 0 aromatic heterocycles. The fourth-order valence-corrected chi connectivity index (χ4v) is 2.84. The van der Waals surface area contributed by atoms with E-state index in [0.29, 0.717) is 12.1 Å². The Bertz CT molecular complexity index is 606. The number of halogens is 1. The third-order valence-electron chi connectivity index (χ3n) is 4.07. The Morgan fingerprint density at radius 2 is 1.48 bits per heavy atom. The van der Waals surface area contributed by atoms with E-state index in [1.165, 1.54) is 22.8 Å². The molecule has 1 nitrogen and oxygen atoms in total. The van der Waals surface area contributed by atoms with Gasteiger partial charge in [0.2, 0.25) is 0 Å². The van der Waals surface area contributed by atoms with Gasteiger partial charge in [0.15, 0.2) is 0 Å². The number of benzene rings is 2. The Morgan fingerprint density at radius 1 is 0.857 bits per heavy atom. The normalized spacial score (nSPS) is 10.9. The number of hydrogen-bond acceptors (Lipinski definition) is 1. The topological polar surface area (TPSA) is 26.0 Å². The van der Waals surface area contributed by atoms with Crippen LogP contribution in [0.3, 0.4) is 0 Å². The van der Waals surface area contributed by atoms with Crippen LogP contribution in [0.2, 0.25) is 0 Å².